The minimum Gasteiger partial charge on any atom is -0.387 e. The molecule has 15 nitrogen and oxygen atoms in total. The highest BCUT2D eigenvalue weighted by atomic mass is 31.2. The van der Waals surface area contributed by atoms with Crippen molar-refractivity contribution in [2.45, 2.75) is 24.4 Å². The molecule has 0 aliphatic carbocycles. The molecule has 3 heterocycles. The molecule has 0 saturated carbocycles. The first-order valence-corrected chi connectivity index (χ1v) is 12.2. The number of benzene rings is 1. The van der Waals surface area contributed by atoms with Crippen molar-refractivity contribution >= 4 is 25.3 Å². The summed E-state index contributed by atoms with van der Waals surface area (Å²) in [5.41, 5.74) is -0.116. The van der Waals surface area contributed by atoms with Crippen LogP contribution in [0, 0.1) is 0 Å². The Labute approximate surface area is 203 Å². The van der Waals surface area contributed by atoms with Crippen LogP contribution in [-0.4, -0.2) is 85.6 Å². The van der Waals surface area contributed by atoms with E-state index in [1.807, 2.05) is 0 Å². The first-order chi connectivity index (χ1) is 17.2. The average molecular weight is 525 g/mol. The van der Waals surface area contributed by atoms with Crippen LogP contribution in [0.5, 0.6) is 0 Å². The highest BCUT2D eigenvalue weighted by Gasteiger charge is 2.47. The lowest BCUT2D eigenvalue weighted by Crippen LogP contribution is -2.35. The molecule has 1 fully saturated rings. The minimum atomic E-state index is -4.83. The van der Waals surface area contributed by atoms with E-state index in [0.717, 1.165) is 4.52 Å². The van der Waals surface area contributed by atoms with Crippen molar-refractivity contribution in [2.24, 2.45) is 0 Å². The number of phosphoric ester groups is 1. The molecule has 16 heteroatoms. The molecule has 0 spiro atoms. The maximum atomic E-state index is 12.6. The van der Waals surface area contributed by atoms with Gasteiger partial charge in [0.1, 0.15) is 24.4 Å². The van der Waals surface area contributed by atoms with Gasteiger partial charge in [-0.25, -0.2) is 9.36 Å². The van der Waals surface area contributed by atoms with Gasteiger partial charge < -0.3 is 29.1 Å². The van der Waals surface area contributed by atoms with Gasteiger partial charge in [-0.05, 0) is 12.1 Å². The molecule has 194 valence electrons. The predicted octanol–water partition coefficient (Wildman–Crippen LogP) is -0.388. The summed E-state index contributed by atoms with van der Waals surface area (Å²) in [5.74, 6) is -0.660. The minimum absolute atomic E-state index is 0.0104. The van der Waals surface area contributed by atoms with E-state index in [0.29, 0.717) is 5.56 Å². The van der Waals surface area contributed by atoms with Crippen LogP contribution in [0.1, 0.15) is 22.0 Å². The summed E-state index contributed by atoms with van der Waals surface area (Å²) >= 11 is 0. The number of carbonyl (C=O) groups is 1. The molecule has 1 aliphatic rings. The van der Waals surface area contributed by atoms with Crippen LogP contribution in [-0.2, 0) is 23.3 Å². The highest BCUT2D eigenvalue weighted by molar-refractivity contribution is 7.46. The third-order valence-electron chi connectivity index (χ3n) is 5.32. The van der Waals surface area contributed by atoms with Gasteiger partial charge in [-0.15, -0.1) is 0 Å². The third kappa shape index (κ3) is 5.86. The van der Waals surface area contributed by atoms with Gasteiger partial charge in [0.25, 0.3) is 5.91 Å². The Kier molecular flexibility index (Phi) is 7.92. The Hall–Kier alpha value is -3.01. The van der Waals surface area contributed by atoms with E-state index in [9.17, 15) is 19.3 Å². The van der Waals surface area contributed by atoms with Gasteiger partial charge in [0, 0.05) is 18.2 Å². The van der Waals surface area contributed by atoms with Gasteiger partial charge in [0.2, 0.25) is 5.95 Å². The molecule has 36 heavy (non-hydrogen) atoms. The molecule has 3 aromatic rings. The van der Waals surface area contributed by atoms with Crippen molar-refractivity contribution in [3.05, 3.63) is 58.1 Å². The van der Waals surface area contributed by atoms with Gasteiger partial charge >= 0.3 is 13.5 Å². The summed E-state index contributed by atoms with van der Waals surface area (Å²) in [5, 5.41) is 17.3. The highest BCUT2D eigenvalue weighted by Crippen LogP contribution is 2.41. The second-order valence-corrected chi connectivity index (χ2v) is 8.99. The van der Waals surface area contributed by atoms with Crippen molar-refractivity contribution in [1.82, 2.24) is 19.6 Å². The number of amides is 1. The Morgan fingerprint density at radius 2 is 2.03 bits per heavy atom. The van der Waals surface area contributed by atoms with Crippen LogP contribution in [0.3, 0.4) is 0 Å². The number of nitrogens with zero attached hydrogens (tertiary/aromatic N) is 3. The van der Waals surface area contributed by atoms with E-state index in [-0.39, 0.29) is 30.4 Å². The predicted molar refractivity (Wildman–Crippen MR) is 121 cm³/mol. The number of hydrogen-bond acceptors (Lipinski definition) is 10. The first-order valence-electron chi connectivity index (χ1n) is 10.7. The molecule has 1 aromatic carbocycles. The Balaban J connectivity index is 1.65. The van der Waals surface area contributed by atoms with Gasteiger partial charge in [0.15, 0.2) is 5.65 Å². The fourth-order valence-corrected chi connectivity index (χ4v) is 4.02. The summed E-state index contributed by atoms with van der Waals surface area (Å²) in [6.45, 7) is -0.366. The van der Waals surface area contributed by atoms with E-state index in [1.54, 1.807) is 30.3 Å². The van der Waals surface area contributed by atoms with E-state index in [2.05, 4.69) is 24.9 Å². The summed E-state index contributed by atoms with van der Waals surface area (Å²) in [6.07, 6.45) is -3.33. The summed E-state index contributed by atoms with van der Waals surface area (Å²) < 4.78 is 33.1. The van der Waals surface area contributed by atoms with Crippen molar-refractivity contribution in [1.29, 1.82) is 0 Å². The second-order valence-electron chi connectivity index (χ2n) is 7.75. The van der Waals surface area contributed by atoms with Crippen LogP contribution in [0.15, 0.2) is 41.3 Å². The largest absolute Gasteiger partial charge is 0.469 e. The number of ether oxygens (including phenoxy) is 3. The number of H-pyrrole nitrogens is 1. The van der Waals surface area contributed by atoms with Crippen LogP contribution < -0.4 is 11.0 Å². The molecule has 4 atom stereocenters. The number of phosphoric acid groups is 1. The average Bonchev–Trinajstić information content (AvgIpc) is 3.39. The molecule has 2 aromatic heterocycles. The Morgan fingerprint density at radius 1 is 1.28 bits per heavy atom. The monoisotopic (exact) mass is 525 g/mol. The number of carbonyl (C=O) groups excluding carboxylic acids is 1. The van der Waals surface area contributed by atoms with Crippen molar-refractivity contribution in [2.75, 3.05) is 32.2 Å². The number of fused-ring (bicyclic) bond motifs is 1. The number of rotatable bonds is 10. The summed E-state index contributed by atoms with van der Waals surface area (Å²) in [6, 6.07) is 8.29. The molecule has 4 unspecified atom stereocenters. The van der Waals surface area contributed by atoms with Crippen molar-refractivity contribution < 1.29 is 43.0 Å². The fourth-order valence-electron chi connectivity index (χ4n) is 3.68. The molecular formula is C20H24N5O10P. The van der Waals surface area contributed by atoms with Gasteiger partial charge in [0.05, 0.1) is 26.0 Å². The molecule has 1 amide bonds. The van der Waals surface area contributed by atoms with Crippen LogP contribution in [0.4, 0.5) is 5.95 Å². The standard InChI is InChI=1S/C20H24N5O10P/c1-32-7-8-33-16-14(26)13(10-34-36(29,30)31)35-15(16)12-9-21-25-17(12)22-19(24-20(25)28)23-18(27)11-5-3-2-4-6-11/h2-6,9,13-16,26H,7-8,10H2,1H3,(H2,29,30,31)(H2,22,23,24,27,28). The normalized spacial score (nSPS) is 22.2. The lowest BCUT2D eigenvalue weighted by molar-refractivity contribution is -0.0528. The van der Waals surface area contributed by atoms with E-state index in [4.69, 9.17) is 24.0 Å². The Morgan fingerprint density at radius 3 is 2.72 bits per heavy atom. The number of hydrogen-bond donors (Lipinski definition) is 5. The van der Waals surface area contributed by atoms with Crippen LogP contribution >= 0.6 is 7.82 Å². The molecule has 5 N–H and O–H groups in total. The van der Waals surface area contributed by atoms with E-state index in [1.165, 1.54) is 13.3 Å². The summed E-state index contributed by atoms with van der Waals surface area (Å²) in [7, 11) is -3.36. The maximum absolute atomic E-state index is 12.6. The number of aromatic nitrogens is 4. The number of aliphatic hydroxyl groups is 1. The fraction of sp³-hybridized carbons (Fsp3) is 0.400. The van der Waals surface area contributed by atoms with Gasteiger partial charge in [-0.1, -0.05) is 18.2 Å². The lowest BCUT2D eigenvalue weighted by Gasteiger charge is -2.20. The zero-order valence-corrected chi connectivity index (χ0v) is 19.8. The summed E-state index contributed by atoms with van der Waals surface area (Å²) in [4.78, 5) is 49.8. The SMILES string of the molecule is COCCOC1C(c2cnn3c(=O)[nH]c(NC(=O)c4ccccc4)nc23)OC(COP(=O)(O)O)C1O. The number of aliphatic hydroxyl groups excluding tert-OH is 1. The Bertz CT molecular complexity index is 1310. The zero-order chi connectivity index (χ0) is 25.9. The second kappa shape index (κ2) is 10.9. The van der Waals surface area contributed by atoms with Gasteiger partial charge in [-0.2, -0.15) is 14.6 Å². The first kappa shape index (κ1) is 26.1. The zero-order valence-electron chi connectivity index (χ0n) is 18.9. The maximum Gasteiger partial charge on any atom is 0.469 e. The molecule has 4 rings (SSSR count). The molecular weight excluding hydrogens is 501 g/mol. The van der Waals surface area contributed by atoms with E-state index < -0.39 is 50.4 Å². The number of methoxy groups -OCH3 is 1. The van der Waals surface area contributed by atoms with Gasteiger partial charge in [-0.3, -0.25) is 19.6 Å². The number of nitrogens with one attached hydrogen (secondary N) is 2. The quantitative estimate of drug-likeness (QED) is 0.169. The number of aromatic amines is 1. The molecule has 0 radical (unpaired) electrons. The van der Waals surface area contributed by atoms with Crippen molar-refractivity contribution in [3.63, 3.8) is 0 Å². The van der Waals surface area contributed by atoms with Crippen LogP contribution in [0.2, 0.25) is 0 Å². The third-order valence-corrected chi connectivity index (χ3v) is 5.81. The molecule has 0 bridgehead atoms. The molecule has 1 aliphatic heterocycles. The smallest absolute Gasteiger partial charge is 0.387 e. The number of anilines is 1. The lowest BCUT2D eigenvalue weighted by atomic mass is 10.0. The van der Waals surface area contributed by atoms with E-state index >= 15 is 0 Å². The topological polar surface area (TPSA) is 207 Å². The van der Waals surface area contributed by atoms with Crippen LogP contribution in [0.25, 0.3) is 5.65 Å². The molecule has 1 saturated heterocycles. The van der Waals surface area contributed by atoms with Crippen molar-refractivity contribution in [3.8, 4) is 0 Å².